The van der Waals surface area contributed by atoms with Crippen LogP contribution in [0.4, 0.5) is 20.8 Å². The SMILES string of the molecule is Cc1c([C@@H](NC(=O)Nc2cnc(N3CCC3)nc2)C(C)C)oc2ccc(F)cc12. The number of fused-ring (bicyclic) bond motifs is 1. The van der Waals surface area contributed by atoms with Gasteiger partial charge in [0.15, 0.2) is 0 Å². The maximum atomic E-state index is 13.6. The highest BCUT2D eigenvalue weighted by Crippen LogP contribution is 2.33. The van der Waals surface area contributed by atoms with Crippen LogP contribution < -0.4 is 15.5 Å². The summed E-state index contributed by atoms with van der Waals surface area (Å²) in [6.07, 6.45) is 4.34. The van der Waals surface area contributed by atoms with Gasteiger partial charge in [-0.25, -0.2) is 19.2 Å². The van der Waals surface area contributed by atoms with Crippen LogP contribution in [-0.4, -0.2) is 29.1 Å². The molecule has 1 saturated heterocycles. The van der Waals surface area contributed by atoms with Gasteiger partial charge in [0.1, 0.15) is 17.2 Å². The second-order valence-corrected chi connectivity index (χ2v) is 7.66. The lowest BCUT2D eigenvalue weighted by molar-refractivity contribution is 0.241. The summed E-state index contributed by atoms with van der Waals surface area (Å²) in [6, 6.07) is 3.67. The molecule has 2 aromatic heterocycles. The first-order valence-corrected chi connectivity index (χ1v) is 9.75. The summed E-state index contributed by atoms with van der Waals surface area (Å²) in [4.78, 5) is 23.2. The van der Waals surface area contributed by atoms with Crippen LogP contribution in [-0.2, 0) is 0 Å². The zero-order valence-corrected chi connectivity index (χ0v) is 16.7. The van der Waals surface area contributed by atoms with E-state index < -0.39 is 0 Å². The van der Waals surface area contributed by atoms with Crippen molar-refractivity contribution in [1.82, 2.24) is 15.3 Å². The number of hydrogen-bond donors (Lipinski definition) is 2. The van der Waals surface area contributed by atoms with Crippen LogP contribution in [0.1, 0.15) is 37.6 Å². The van der Waals surface area contributed by atoms with Gasteiger partial charge in [-0.1, -0.05) is 13.8 Å². The molecule has 3 heterocycles. The van der Waals surface area contributed by atoms with Crippen molar-refractivity contribution in [3.8, 4) is 0 Å². The third-order valence-corrected chi connectivity index (χ3v) is 5.21. The maximum absolute atomic E-state index is 13.6. The molecule has 1 aliphatic heterocycles. The van der Waals surface area contributed by atoms with Crippen LogP contribution in [0, 0.1) is 18.7 Å². The molecule has 152 valence electrons. The Hall–Kier alpha value is -3.16. The number of hydrogen-bond acceptors (Lipinski definition) is 5. The average molecular weight is 397 g/mol. The van der Waals surface area contributed by atoms with Gasteiger partial charge in [-0.15, -0.1) is 0 Å². The molecule has 1 atom stereocenters. The quantitative estimate of drug-likeness (QED) is 0.667. The number of aryl methyl sites for hydroxylation is 1. The summed E-state index contributed by atoms with van der Waals surface area (Å²) in [5.41, 5.74) is 1.93. The lowest BCUT2D eigenvalue weighted by Crippen LogP contribution is -2.38. The maximum Gasteiger partial charge on any atom is 0.319 e. The van der Waals surface area contributed by atoms with Gasteiger partial charge in [0.25, 0.3) is 0 Å². The molecule has 0 radical (unpaired) electrons. The molecule has 29 heavy (non-hydrogen) atoms. The van der Waals surface area contributed by atoms with Crippen molar-refractivity contribution in [3.63, 3.8) is 0 Å². The number of benzene rings is 1. The largest absolute Gasteiger partial charge is 0.459 e. The summed E-state index contributed by atoms with van der Waals surface area (Å²) in [7, 11) is 0. The average Bonchev–Trinajstić information content (AvgIpc) is 2.96. The number of amides is 2. The molecule has 1 aliphatic rings. The Morgan fingerprint density at radius 2 is 1.97 bits per heavy atom. The highest BCUT2D eigenvalue weighted by Gasteiger charge is 2.25. The topological polar surface area (TPSA) is 83.3 Å². The van der Waals surface area contributed by atoms with E-state index in [2.05, 4.69) is 25.5 Å². The number of carbonyl (C=O) groups excluding carboxylic acids is 1. The first kappa shape index (κ1) is 19.2. The number of furan rings is 1. The fourth-order valence-corrected chi connectivity index (χ4v) is 3.42. The van der Waals surface area contributed by atoms with Gasteiger partial charge in [-0.3, -0.25) is 0 Å². The monoisotopic (exact) mass is 397 g/mol. The fraction of sp³-hybridized carbons (Fsp3) is 0.381. The first-order chi connectivity index (χ1) is 13.9. The van der Waals surface area contributed by atoms with Crippen molar-refractivity contribution in [2.24, 2.45) is 5.92 Å². The van der Waals surface area contributed by atoms with E-state index in [4.69, 9.17) is 4.42 Å². The number of anilines is 2. The van der Waals surface area contributed by atoms with Gasteiger partial charge in [0.05, 0.1) is 24.1 Å². The van der Waals surface area contributed by atoms with E-state index in [0.717, 1.165) is 25.1 Å². The highest BCUT2D eigenvalue weighted by atomic mass is 19.1. The Bertz CT molecular complexity index is 1030. The van der Waals surface area contributed by atoms with Crippen molar-refractivity contribution < 1.29 is 13.6 Å². The molecule has 1 aromatic carbocycles. The lowest BCUT2D eigenvalue weighted by atomic mass is 9.98. The summed E-state index contributed by atoms with van der Waals surface area (Å²) >= 11 is 0. The molecule has 4 rings (SSSR count). The van der Waals surface area contributed by atoms with Crippen molar-refractivity contribution in [2.75, 3.05) is 23.3 Å². The molecule has 0 bridgehead atoms. The zero-order valence-electron chi connectivity index (χ0n) is 16.7. The molecule has 1 fully saturated rings. The minimum absolute atomic E-state index is 0.0647. The third-order valence-electron chi connectivity index (χ3n) is 5.21. The molecular formula is C21H24FN5O2. The van der Waals surface area contributed by atoms with E-state index in [0.29, 0.717) is 28.4 Å². The number of carbonyl (C=O) groups is 1. The van der Waals surface area contributed by atoms with Crippen LogP contribution >= 0.6 is 0 Å². The van der Waals surface area contributed by atoms with Crippen molar-refractivity contribution in [3.05, 3.63) is 47.7 Å². The number of aromatic nitrogens is 2. The van der Waals surface area contributed by atoms with E-state index in [1.165, 1.54) is 12.1 Å². The van der Waals surface area contributed by atoms with Crippen LogP contribution in [0.25, 0.3) is 11.0 Å². The molecule has 2 N–H and O–H groups in total. The Morgan fingerprint density at radius 3 is 2.59 bits per heavy atom. The predicted molar refractivity (Wildman–Crippen MR) is 110 cm³/mol. The molecule has 0 unspecified atom stereocenters. The predicted octanol–water partition coefficient (Wildman–Crippen LogP) is 4.40. The molecule has 0 spiro atoms. The molecule has 0 aliphatic carbocycles. The molecule has 2 amide bonds. The number of nitrogens with zero attached hydrogens (tertiary/aromatic N) is 3. The first-order valence-electron chi connectivity index (χ1n) is 9.75. The van der Waals surface area contributed by atoms with Gasteiger partial charge >= 0.3 is 6.03 Å². The van der Waals surface area contributed by atoms with E-state index in [-0.39, 0.29) is 23.8 Å². The van der Waals surface area contributed by atoms with Crippen molar-refractivity contribution in [2.45, 2.75) is 33.2 Å². The van der Waals surface area contributed by atoms with Gasteiger partial charge < -0.3 is 20.0 Å². The lowest BCUT2D eigenvalue weighted by Gasteiger charge is -2.30. The number of urea groups is 1. The van der Waals surface area contributed by atoms with Crippen molar-refractivity contribution in [1.29, 1.82) is 0 Å². The van der Waals surface area contributed by atoms with Gasteiger partial charge in [0, 0.05) is 24.0 Å². The third kappa shape index (κ3) is 3.87. The smallest absolute Gasteiger partial charge is 0.319 e. The fourth-order valence-electron chi connectivity index (χ4n) is 3.42. The van der Waals surface area contributed by atoms with Crippen LogP contribution in [0.2, 0.25) is 0 Å². The molecule has 7 nitrogen and oxygen atoms in total. The van der Waals surface area contributed by atoms with E-state index in [1.807, 2.05) is 20.8 Å². The molecule has 3 aromatic rings. The van der Waals surface area contributed by atoms with E-state index in [1.54, 1.807) is 18.5 Å². The van der Waals surface area contributed by atoms with Gasteiger partial charge in [-0.05, 0) is 37.5 Å². The Labute approximate surface area is 168 Å². The summed E-state index contributed by atoms with van der Waals surface area (Å²) in [5.74, 6) is 1.05. The molecule has 8 heteroatoms. The Kier molecular flexibility index (Phi) is 5.08. The number of halogens is 1. The number of nitrogens with one attached hydrogen (secondary N) is 2. The Morgan fingerprint density at radius 1 is 1.24 bits per heavy atom. The highest BCUT2D eigenvalue weighted by molar-refractivity contribution is 5.89. The van der Waals surface area contributed by atoms with E-state index in [9.17, 15) is 9.18 Å². The standard InChI is InChI=1S/C21H24FN5O2/c1-12(2)18(19-13(3)16-9-14(22)5-6-17(16)29-19)26-21(28)25-15-10-23-20(24-11-15)27-7-4-8-27/h5-6,9-12,18H,4,7-8H2,1-3H3,(H2,25,26,28)/t18-/m0/s1. The van der Waals surface area contributed by atoms with E-state index >= 15 is 0 Å². The summed E-state index contributed by atoms with van der Waals surface area (Å²) in [5, 5.41) is 6.43. The zero-order chi connectivity index (χ0) is 20.5. The second kappa shape index (κ2) is 7.69. The second-order valence-electron chi connectivity index (χ2n) is 7.66. The van der Waals surface area contributed by atoms with Crippen molar-refractivity contribution >= 4 is 28.6 Å². The molecular weight excluding hydrogens is 373 g/mol. The van der Waals surface area contributed by atoms with Crippen LogP contribution in [0.15, 0.2) is 35.0 Å². The summed E-state index contributed by atoms with van der Waals surface area (Å²) < 4.78 is 19.6. The van der Waals surface area contributed by atoms with Gasteiger partial charge in [-0.2, -0.15) is 0 Å². The Balaban J connectivity index is 1.49. The molecule has 0 saturated carbocycles. The van der Waals surface area contributed by atoms with Crippen LogP contribution in [0.5, 0.6) is 0 Å². The van der Waals surface area contributed by atoms with Crippen LogP contribution in [0.3, 0.4) is 0 Å². The van der Waals surface area contributed by atoms with Gasteiger partial charge in [0.2, 0.25) is 5.95 Å². The normalized spacial score (nSPS) is 14.7. The number of rotatable bonds is 5. The minimum Gasteiger partial charge on any atom is -0.459 e. The summed E-state index contributed by atoms with van der Waals surface area (Å²) in [6.45, 7) is 7.78. The minimum atomic E-state index is -0.380.